The molecule has 2 nitrogen and oxygen atoms in total. The Labute approximate surface area is 99.4 Å². The lowest BCUT2D eigenvalue weighted by atomic mass is 9.87. The predicted octanol–water partition coefficient (Wildman–Crippen LogP) is 2.59. The lowest BCUT2D eigenvalue weighted by Crippen LogP contribution is -2.49. The van der Waals surface area contributed by atoms with Crippen molar-refractivity contribution in [2.75, 3.05) is 0 Å². The summed E-state index contributed by atoms with van der Waals surface area (Å²) in [6, 6.07) is 9.86. The molecule has 0 aliphatic heterocycles. The molecule has 2 rings (SSSR count). The van der Waals surface area contributed by atoms with Crippen LogP contribution in [0.25, 0.3) is 0 Å². The molecule has 1 aliphatic carbocycles. The average molecular weight is 269 g/mol. The number of benzene rings is 1. The van der Waals surface area contributed by atoms with E-state index < -0.39 is 0 Å². The number of rotatable bonds is 3. The second-order valence-corrected chi connectivity index (χ2v) is 5.29. The van der Waals surface area contributed by atoms with E-state index in [-0.39, 0.29) is 0 Å². The number of nitrogens with two attached hydrogens (primary N) is 1. The smallest absolute Gasteiger partial charge is 0.0294 e. The minimum Gasteiger partial charge on any atom is -0.328 e. The van der Waals surface area contributed by atoms with E-state index in [9.17, 15) is 0 Å². The summed E-state index contributed by atoms with van der Waals surface area (Å²) in [7, 11) is 0. The summed E-state index contributed by atoms with van der Waals surface area (Å²) in [4.78, 5) is 0. The highest BCUT2D eigenvalue weighted by molar-refractivity contribution is 9.10. The van der Waals surface area contributed by atoms with Crippen molar-refractivity contribution in [3.8, 4) is 0 Å². The first kappa shape index (κ1) is 11.1. The van der Waals surface area contributed by atoms with Crippen LogP contribution in [-0.4, -0.2) is 12.1 Å². The zero-order valence-electron chi connectivity index (χ0n) is 8.91. The van der Waals surface area contributed by atoms with Gasteiger partial charge in [0.1, 0.15) is 0 Å². The molecule has 1 fully saturated rings. The molecule has 3 heteroatoms. The zero-order chi connectivity index (χ0) is 10.8. The highest BCUT2D eigenvalue weighted by Crippen LogP contribution is 2.23. The quantitative estimate of drug-likeness (QED) is 0.885. The highest BCUT2D eigenvalue weighted by Gasteiger charge is 2.26. The summed E-state index contributed by atoms with van der Waals surface area (Å²) in [6.07, 6.45) is 2.22. The molecule has 1 atom stereocenters. The summed E-state index contributed by atoms with van der Waals surface area (Å²) in [5.74, 6) is 0. The average Bonchev–Trinajstić information content (AvgIpc) is 2.15. The molecular weight excluding hydrogens is 252 g/mol. The fraction of sp³-hybridized carbons (Fsp3) is 0.500. The van der Waals surface area contributed by atoms with Crippen LogP contribution in [0.3, 0.4) is 0 Å². The minimum atomic E-state index is 0.403. The van der Waals surface area contributed by atoms with Crippen LogP contribution in [-0.2, 0) is 0 Å². The maximum Gasteiger partial charge on any atom is 0.0294 e. The Kier molecular flexibility index (Phi) is 3.44. The third-order valence-electron chi connectivity index (χ3n) is 3.01. The summed E-state index contributed by atoms with van der Waals surface area (Å²) < 4.78 is 1.14. The molecule has 1 saturated carbocycles. The van der Waals surface area contributed by atoms with Gasteiger partial charge in [-0.2, -0.15) is 0 Å². The van der Waals surface area contributed by atoms with Crippen LogP contribution in [0.1, 0.15) is 31.4 Å². The minimum absolute atomic E-state index is 0.403. The van der Waals surface area contributed by atoms with Crippen molar-refractivity contribution >= 4 is 15.9 Å². The lowest BCUT2D eigenvalue weighted by molar-refractivity contribution is 0.272. The van der Waals surface area contributed by atoms with Gasteiger partial charge in [-0.3, -0.25) is 0 Å². The Morgan fingerprint density at radius 2 is 2.20 bits per heavy atom. The molecule has 3 N–H and O–H groups in total. The zero-order valence-corrected chi connectivity index (χ0v) is 10.5. The van der Waals surface area contributed by atoms with Crippen molar-refractivity contribution in [2.45, 2.75) is 37.9 Å². The Morgan fingerprint density at radius 3 is 2.80 bits per heavy atom. The van der Waals surface area contributed by atoms with E-state index in [0.29, 0.717) is 18.1 Å². The third kappa shape index (κ3) is 2.80. The van der Waals surface area contributed by atoms with Crippen LogP contribution in [0.5, 0.6) is 0 Å². The van der Waals surface area contributed by atoms with E-state index in [0.717, 1.165) is 17.3 Å². The van der Waals surface area contributed by atoms with Gasteiger partial charge < -0.3 is 11.1 Å². The molecule has 0 heterocycles. The van der Waals surface area contributed by atoms with Crippen molar-refractivity contribution in [3.63, 3.8) is 0 Å². The predicted molar refractivity (Wildman–Crippen MR) is 66.7 cm³/mol. The van der Waals surface area contributed by atoms with Crippen molar-refractivity contribution in [1.82, 2.24) is 5.32 Å². The molecule has 1 aromatic rings. The molecule has 0 amide bonds. The molecule has 0 radical (unpaired) electrons. The van der Waals surface area contributed by atoms with Crippen LogP contribution in [0.4, 0.5) is 0 Å². The van der Waals surface area contributed by atoms with E-state index in [1.165, 1.54) is 5.56 Å². The van der Waals surface area contributed by atoms with Gasteiger partial charge in [-0.1, -0.05) is 28.1 Å². The Morgan fingerprint density at radius 1 is 1.47 bits per heavy atom. The van der Waals surface area contributed by atoms with Crippen LogP contribution >= 0.6 is 15.9 Å². The summed E-state index contributed by atoms with van der Waals surface area (Å²) >= 11 is 3.49. The maximum absolute atomic E-state index is 5.76. The van der Waals surface area contributed by atoms with Crippen LogP contribution in [0, 0.1) is 0 Å². The van der Waals surface area contributed by atoms with Crippen LogP contribution in [0.2, 0.25) is 0 Å². The van der Waals surface area contributed by atoms with E-state index >= 15 is 0 Å². The molecule has 1 aliphatic rings. The van der Waals surface area contributed by atoms with Crippen molar-refractivity contribution < 1.29 is 0 Å². The molecule has 0 aromatic heterocycles. The second-order valence-electron chi connectivity index (χ2n) is 4.37. The molecule has 0 spiro atoms. The largest absolute Gasteiger partial charge is 0.328 e. The van der Waals surface area contributed by atoms with Gasteiger partial charge in [0.05, 0.1) is 0 Å². The van der Waals surface area contributed by atoms with Gasteiger partial charge in [0, 0.05) is 22.6 Å². The van der Waals surface area contributed by atoms with Crippen LogP contribution in [0.15, 0.2) is 28.7 Å². The van der Waals surface area contributed by atoms with Crippen LogP contribution < -0.4 is 11.1 Å². The monoisotopic (exact) mass is 268 g/mol. The second kappa shape index (κ2) is 4.64. The van der Waals surface area contributed by atoms with Gasteiger partial charge in [0.15, 0.2) is 0 Å². The van der Waals surface area contributed by atoms with Crippen molar-refractivity contribution in [2.24, 2.45) is 5.73 Å². The number of hydrogen-bond donors (Lipinski definition) is 2. The third-order valence-corrected chi connectivity index (χ3v) is 3.50. The van der Waals surface area contributed by atoms with E-state index in [2.05, 4.69) is 52.4 Å². The van der Waals surface area contributed by atoms with Gasteiger partial charge >= 0.3 is 0 Å². The molecule has 0 saturated heterocycles. The topological polar surface area (TPSA) is 38.0 Å². The molecule has 82 valence electrons. The first-order valence-electron chi connectivity index (χ1n) is 5.42. The highest BCUT2D eigenvalue weighted by atomic mass is 79.9. The standard InChI is InChI=1S/C12H17BrN2/c1-8(15-12-6-11(14)7-12)9-3-2-4-10(13)5-9/h2-5,8,11-12,15H,6-7,14H2,1H3/t8-,11?,12?/m1/s1. The van der Waals surface area contributed by atoms with Gasteiger partial charge in [-0.05, 0) is 37.5 Å². The SMILES string of the molecule is C[C@@H](NC1CC(N)C1)c1cccc(Br)c1. The number of hydrogen-bond acceptors (Lipinski definition) is 2. The summed E-state index contributed by atoms with van der Waals surface area (Å²) in [5, 5.41) is 3.59. The Bertz CT molecular complexity index is 334. The maximum atomic E-state index is 5.76. The van der Waals surface area contributed by atoms with Gasteiger partial charge in [0.25, 0.3) is 0 Å². The summed E-state index contributed by atoms with van der Waals surface area (Å²) in [5.41, 5.74) is 7.08. The van der Waals surface area contributed by atoms with E-state index in [4.69, 9.17) is 5.73 Å². The van der Waals surface area contributed by atoms with Gasteiger partial charge in [-0.15, -0.1) is 0 Å². The fourth-order valence-electron chi connectivity index (χ4n) is 2.02. The molecule has 1 aromatic carbocycles. The number of nitrogens with one attached hydrogen (secondary N) is 1. The molecule has 15 heavy (non-hydrogen) atoms. The Hall–Kier alpha value is -0.380. The first-order valence-corrected chi connectivity index (χ1v) is 6.21. The summed E-state index contributed by atoms with van der Waals surface area (Å²) in [6.45, 7) is 2.20. The first-order chi connectivity index (χ1) is 7.15. The fourth-order valence-corrected chi connectivity index (χ4v) is 2.44. The molecular formula is C12H17BrN2. The van der Waals surface area contributed by atoms with Crippen molar-refractivity contribution in [1.29, 1.82) is 0 Å². The number of halogens is 1. The Balaban J connectivity index is 1.93. The molecule has 0 bridgehead atoms. The van der Waals surface area contributed by atoms with Gasteiger partial charge in [0.2, 0.25) is 0 Å². The van der Waals surface area contributed by atoms with Crippen molar-refractivity contribution in [3.05, 3.63) is 34.3 Å². The van der Waals surface area contributed by atoms with Gasteiger partial charge in [-0.25, -0.2) is 0 Å². The normalized spacial score (nSPS) is 27.1. The lowest BCUT2D eigenvalue weighted by Gasteiger charge is -2.35. The molecule has 0 unspecified atom stereocenters. The van der Waals surface area contributed by atoms with E-state index in [1.807, 2.05) is 0 Å². The van der Waals surface area contributed by atoms with E-state index in [1.54, 1.807) is 0 Å².